The summed E-state index contributed by atoms with van der Waals surface area (Å²) in [6.45, 7) is 5.43. The van der Waals surface area contributed by atoms with E-state index in [1.54, 1.807) is 7.11 Å². The van der Waals surface area contributed by atoms with Gasteiger partial charge < -0.3 is 15.4 Å². The highest BCUT2D eigenvalue weighted by atomic mass is 16.5. The fourth-order valence-corrected chi connectivity index (χ4v) is 2.33. The van der Waals surface area contributed by atoms with E-state index in [9.17, 15) is 0 Å². The van der Waals surface area contributed by atoms with Gasteiger partial charge in [-0.3, -0.25) is 0 Å². The van der Waals surface area contributed by atoms with Gasteiger partial charge in [-0.15, -0.1) is 0 Å². The molecule has 0 spiro atoms. The standard InChI is InChI=1S/C13H20N2O/c1-13(2)12(14)8-9-15(13)10-4-6-11(16-3)7-5-10/h4-7,12H,8-9,14H2,1-3H3. The Morgan fingerprint density at radius 2 is 1.94 bits per heavy atom. The van der Waals surface area contributed by atoms with Gasteiger partial charge in [0.15, 0.2) is 0 Å². The van der Waals surface area contributed by atoms with Gasteiger partial charge in [0.25, 0.3) is 0 Å². The maximum Gasteiger partial charge on any atom is 0.119 e. The first-order valence-corrected chi connectivity index (χ1v) is 5.73. The van der Waals surface area contributed by atoms with Crippen LogP contribution >= 0.6 is 0 Å². The van der Waals surface area contributed by atoms with E-state index in [0.29, 0.717) is 0 Å². The second kappa shape index (κ2) is 3.98. The number of rotatable bonds is 2. The molecule has 0 amide bonds. The zero-order valence-electron chi connectivity index (χ0n) is 10.2. The predicted molar refractivity (Wildman–Crippen MR) is 67.0 cm³/mol. The van der Waals surface area contributed by atoms with Crippen LogP contribution < -0.4 is 15.4 Å². The summed E-state index contributed by atoms with van der Waals surface area (Å²) in [6, 6.07) is 8.43. The molecule has 88 valence electrons. The van der Waals surface area contributed by atoms with Crippen LogP contribution in [0.4, 0.5) is 5.69 Å². The van der Waals surface area contributed by atoms with Gasteiger partial charge in [0, 0.05) is 23.8 Å². The van der Waals surface area contributed by atoms with E-state index in [4.69, 9.17) is 10.5 Å². The summed E-state index contributed by atoms with van der Waals surface area (Å²) in [5, 5.41) is 0. The van der Waals surface area contributed by atoms with E-state index < -0.39 is 0 Å². The second-order valence-corrected chi connectivity index (χ2v) is 4.90. The minimum absolute atomic E-state index is 0.0363. The number of hydrogen-bond acceptors (Lipinski definition) is 3. The van der Waals surface area contributed by atoms with Gasteiger partial charge in [0.2, 0.25) is 0 Å². The van der Waals surface area contributed by atoms with Gasteiger partial charge in [-0.25, -0.2) is 0 Å². The van der Waals surface area contributed by atoms with Crippen LogP contribution in [-0.4, -0.2) is 25.2 Å². The van der Waals surface area contributed by atoms with E-state index in [-0.39, 0.29) is 11.6 Å². The molecule has 16 heavy (non-hydrogen) atoms. The molecular formula is C13H20N2O. The number of nitrogens with two attached hydrogens (primary N) is 1. The lowest BCUT2D eigenvalue weighted by Crippen LogP contribution is -2.48. The third-order valence-corrected chi connectivity index (χ3v) is 3.65. The lowest BCUT2D eigenvalue weighted by Gasteiger charge is -2.36. The van der Waals surface area contributed by atoms with Crippen molar-refractivity contribution >= 4 is 5.69 Å². The van der Waals surface area contributed by atoms with Crippen LogP contribution in [0.2, 0.25) is 0 Å². The van der Waals surface area contributed by atoms with Crippen molar-refractivity contribution in [3.63, 3.8) is 0 Å². The van der Waals surface area contributed by atoms with E-state index in [1.807, 2.05) is 12.1 Å². The largest absolute Gasteiger partial charge is 0.497 e. The molecule has 1 unspecified atom stereocenters. The number of benzene rings is 1. The Kier molecular flexibility index (Phi) is 2.80. The van der Waals surface area contributed by atoms with Crippen molar-refractivity contribution in [2.24, 2.45) is 5.73 Å². The Morgan fingerprint density at radius 3 is 2.38 bits per heavy atom. The first-order valence-electron chi connectivity index (χ1n) is 5.73. The third-order valence-electron chi connectivity index (χ3n) is 3.65. The van der Waals surface area contributed by atoms with Gasteiger partial charge in [0.1, 0.15) is 5.75 Å². The van der Waals surface area contributed by atoms with Gasteiger partial charge in [0.05, 0.1) is 7.11 Å². The van der Waals surface area contributed by atoms with Crippen LogP contribution in [0.3, 0.4) is 0 Å². The summed E-state index contributed by atoms with van der Waals surface area (Å²) in [5.74, 6) is 0.894. The van der Waals surface area contributed by atoms with Gasteiger partial charge >= 0.3 is 0 Å². The predicted octanol–water partition coefficient (Wildman–Crippen LogP) is 2.01. The first kappa shape index (κ1) is 11.3. The molecule has 1 aromatic rings. The molecule has 0 bridgehead atoms. The maximum atomic E-state index is 6.13. The quantitative estimate of drug-likeness (QED) is 0.828. The zero-order valence-corrected chi connectivity index (χ0v) is 10.2. The van der Waals surface area contributed by atoms with Crippen LogP contribution in [0.1, 0.15) is 20.3 Å². The van der Waals surface area contributed by atoms with Gasteiger partial charge in [-0.1, -0.05) is 0 Å². The molecule has 0 aliphatic carbocycles. The number of methoxy groups -OCH3 is 1. The molecular weight excluding hydrogens is 200 g/mol. The topological polar surface area (TPSA) is 38.5 Å². The molecule has 2 rings (SSSR count). The Labute approximate surface area is 97.2 Å². The number of hydrogen-bond donors (Lipinski definition) is 1. The van der Waals surface area contributed by atoms with Crippen molar-refractivity contribution in [3.8, 4) is 5.75 Å². The number of ether oxygens (including phenoxy) is 1. The summed E-state index contributed by atoms with van der Waals surface area (Å²) in [6.07, 6.45) is 1.05. The van der Waals surface area contributed by atoms with Crippen LogP contribution in [-0.2, 0) is 0 Å². The molecule has 1 aromatic carbocycles. The van der Waals surface area contributed by atoms with E-state index in [2.05, 4.69) is 30.9 Å². The highest BCUT2D eigenvalue weighted by Crippen LogP contribution is 2.33. The molecule has 1 aliphatic rings. The van der Waals surface area contributed by atoms with Gasteiger partial charge in [-0.05, 0) is 44.5 Å². The van der Waals surface area contributed by atoms with Crippen molar-refractivity contribution in [2.75, 3.05) is 18.6 Å². The van der Waals surface area contributed by atoms with Crippen molar-refractivity contribution in [1.29, 1.82) is 0 Å². The molecule has 3 heteroatoms. The summed E-state index contributed by atoms with van der Waals surface area (Å²) in [5.41, 5.74) is 7.39. The monoisotopic (exact) mass is 220 g/mol. The van der Waals surface area contributed by atoms with Crippen molar-refractivity contribution < 1.29 is 4.74 Å². The zero-order chi connectivity index (χ0) is 11.8. The van der Waals surface area contributed by atoms with Gasteiger partial charge in [-0.2, -0.15) is 0 Å². The van der Waals surface area contributed by atoms with E-state index >= 15 is 0 Å². The lowest BCUT2D eigenvalue weighted by atomic mass is 9.96. The smallest absolute Gasteiger partial charge is 0.119 e. The molecule has 3 nitrogen and oxygen atoms in total. The van der Waals surface area contributed by atoms with Crippen LogP contribution in [0, 0.1) is 0 Å². The molecule has 0 saturated carbocycles. The van der Waals surface area contributed by atoms with Crippen LogP contribution in [0.15, 0.2) is 24.3 Å². The highest BCUT2D eigenvalue weighted by Gasteiger charge is 2.38. The van der Waals surface area contributed by atoms with Crippen molar-refractivity contribution in [2.45, 2.75) is 31.8 Å². The Balaban J connectivity index is 2.24. The molecule has 1 saturated heterocycles. The minimum atomic E-state index is 0.0363. The summed E-state index contributed by atoms with van der Waals surface area (Å²) < 4.78 is 5.16. The number of nitrogens with zero attached hydrogens (tertiary/aromatic N) is 1. The second-order valence-electron chi connectivity index (χ2n) is 4.90. The van der Waals surface area contributed by atoms with Crippen molar-refractivity contribution in [3.05, 3.63) is 24.3 Å². The fraction of sp³-hybridized carbons (Fsp3) is 0.538. The molecule has 1 atom stereocenters. The molecule has 1 aliphatic heterocycles. The Morgan fingerprint density at radius 1 is 1.31 bits per heavy atom. The SMILES string of the molecule is COc1ccc(N2CCC(N)C2(C)C)cc1. The summed E-state index contributed by atoms with van der Waals surface area (Å²) in [7, 11) is 1.69. The van der Waals surface area contributed by atoms with Crippen LogP contribution in [0.5, 0.6) is 5.75 Å². The third kappa shape index (κ3) is 1.76. The Hall–Kier alpha value is -1.22. The molecule has 2 N–H and O–H groups in total. The highest BCUT2D eigenvalue weighted by molar-refractivity contribution is 5.52. The molecule has 0 radical (unpaired) electrons. The van der Waals surface area contributed by atoms with Crippen molar-refractivity contribution in [1.82, 2.24) is 0 Å². The average Bonchev–Trinajstić information content (AvgIpc) is 2.54. The lowest BCUT2D eigenvalue weighted by molar-refractivity contribution is 0.414. The molecule has 0 aromatic heterocycles. The summed E-state index contributed by atoms with van der Waals surface area (Å²) in [4.78, 5) is 2.37. The maximum absolute atomic E-state index is 6.13. The summed E-state index contributed by atoms with van der Waals surface area (Å²) >= 11 is 0. The molecule has 1 heterocycles. The minimum Gasteiger partial charge on any atom is -0.497 e. The Bertz CT molecular complexity index is 359. The fourth-order valence-electron chi connectivity index (χ4n) is 2.33. The van der Waals surface area contributed by atoms with E-state index in [0.717, 1.165) is 18.7 Å². The van der Waals surface area contributed by atoms with Crippen LogP contribution in [0.25, 0.3) is 0 Å². The first-order chi connectivity index (χ1) is 7.55. The normalized spacial score (nSPS) is 23.5. The number of anilines is 1. The average molecular weight is 220 g/mol. The molecule has 1 fully saturated rings. The van der Waals surface area contributed by atoms with E-state index in [1.165, 1.54) is 5.69 Å².